The van der Waals surface area contributed by atoms with Crippen molar-refractivity contribution in [1.82, 2.24) is 4.98 Å². The van der Waals surface area contributed by atoms with Gasteiger partial charge in [0.15, 0.2) is 5.84 Å². The maximum atomic E-state index is 8.55. The molecule has 0 aliphatic carbocycles. The van der Waals surface area contributed by atoms with Crippen molar-refractivity contribution in [3.63, 3.8) is 0 Å². The van der Waals surface area contributed by atoms with E-state index in [4.69, 9.17) is 10.9 Å². The van der Waals surface area contributed by atoms with Gasteiger partial charge in [-0.3, -0.25) is 0 Å². The zero-order valence-electron chi connectivity index (χ0n) is 10.4. The third-order valence-corrected chi connectivity index (χ3v) is 2.64. The number of pyridine rings is 1. The molecular formula is C12H20N4O. The van der Waals surface area contributed by atoms with E-state index in [0.29, 0.717) is 5.56 Å². The van der Waals surface area contributed by atoms with Crippen LogP contribution in [-0.2, 0) is 0 Å². The van der Waals surface area contributed by atoms with Gasteiger partial charge in [-0.15, -0.1) is 0 Å². The highest BCUT2D eigenvalue weighted by Crippen LogP contribution is 2.12. The second-order valence-electron chi connectivity index (χ2n) is 3.82. The van der Waals surface area contributed by atoms with Gasteiger partial charge in [0.05, 0.1) is 0 Å². The molecule has 0 amide bonds. The first-order chi connectivity index (χ1) is 8.22. The first-order valence-corrected chi connectivity index (χ1v) is 5.91. The van der Waals surface area contributed by atoms with Gasteiger partial charge in [0.1, 0.15) is 5.82 Å². The number of anilines is 1. The van der Waals surface area contributed by atoms with Gasteiger partial charge < -0.3 is 15.8 Å². The molecule has 0 unspecified atom stereocenters. The van der Waals surface area contributed by atoms with Crippen LogP contribution in [-0.4, -0.2) is 29.1 Å². The van der Waals surface area contributed by atoms with Gasteiger partial charge in [-0.1, -0.05) is 18.5 Å². The van der Waals surface area contributed by atoms with Crippen molar-refractivity contribution in [2.75, 3.05) is 18.0 Å². The van der Waals surface area contributed by atoms with Crippen molar-refractivity contribution in [3.8, 4) is 0 Å². The molecule has 1 aromatic rings. The summed E-state index contributed by atoms with van der Waals surface area (Å²) < 4.78 is 0. The van der Waals surface area contributed by atoms with Gasteiger partial charge in [0.25, 0.3) is 0 Å². The molecule has 3 N–H and O–H groups in total. The van der Waals surface area contributed by atoms with Crippen LogP contribution in [0.5, 0.6) is 0 Å². The fourth-order valence-electron chi connectivity index (χ4n) is 1.57. The molecule has 94 valence electrons. The SMILES string of the molecule is CCCCN(CC)c1ccc(/C(N)=N/O)cn1. The van der Waals surface area contributed by atoms with Crippen molar-refractivity contribution in [2.45, 2.75) is 26.7 Å². The molecule has 1 aromatic heterocycles. The van der Waals surface area contributed by atoms with Crippen LogP contribution in [0, 0.1) is 0 Å². The molecular weight excluding hydrogens is 216 g/mol. The number of nitrogens with two attached hydrogens (primary N) is 1. The number of nitrogens with zero attached hydrogens (tertiary/aromatic N) is 3. The van der Waals surface area contributed by atoms with Gasteiger partial charge in [0.2, 0.25) is 0 Å². The molecule has 1 rings (SSSR count). The quantitative estimate of drug-likeness (QED) is 0.342. The predicted octanol–water partition coefficient (Wildman–Crippen LogP) is 1.80. The summed E-state index contributed by atoms with van der Waals surface area (Å²) in [5.41, 5.74) is 6.11. The molecule has 5 nitrogen and oxygen atoms in total. The molecule has 1 heterocycles. The smallest absolute Gasteiger partial charge is 0.171 e. The largest absolute Gasteiger partial charge is 0.409 e. The first-order valence-electron chi connectivity index (χ1n) is 5.91. The lowest BCUT2D eigenvalue weighted by molar-refractivity contribution is 0.318. The van der Waals surface area contributed by atoms with E-state index < -0.39 is 0 Å². The minimum absolute atomic E-state index is 0.0839. The number of hydrogen-bond donors (Lipinski definition) is 2. The number of unbranched alkanes of at least 4 members (excludes halogenated alkanes) is 1. The Labute approximate surface area is 102 Å². The summed E-state index contributed by atoms with van der Waals surface area (Å²) in [7, 11) is 0. The van der Waals surface area contributed by atoms with Crippen molar-refractivity contribution < 1.29 is 5.21 Å². The van der Waals surface area contributed by atoms with E-state index in [0.717, 1.165) is 25.3 Å². The number of amidine groups is 1. The molecule has 0 fully saturated rings. The van der Waals surface area contributed by atoms with Crippen LogP contribution in [0.1, 0.15) is 32.3 Å². The van der Waals surface area contributed by atoms with E-state index in [1.807, 2.05) is 12.1 Å². The molecule has 0 radical (unpaired) electrons. The van der Waals surface area contributed by atoms with Gasteiger partial charge >= 0.3 is 0 Å². The summed E-state index contributed by atoms with van der Waals surface area (Å²) in [4.78, 5) is 6.53. The molecule has 0 saturated carbocycles. The molecule has 0 aliphatic rings. The van der Waals surface area contributed by atoms with E-state index in [1.165, 1.54) is 6.42 Å². The number of oxime groups is 1. The van der Waals surface area contributed by atoms with Gasteiger partial charge in [-0.05, 0) is 25.5 Å². The van der Waals surface area contributed by atoms with Crippen LogP contribution >= 0.6 is 0 Å². The zero-order valence-corrected chi connectivity index (χ0v) is 10.4. The standard InChI is InChI=1S/C12H20N4O/c1-3-5-8-16(4-2)11-7-6-10(9-14-11)12(13)15-17/h6-7,9,17H,3-5,8H2,1-2H3,(H2,13,15). The average molecular weight is 236 g/mol. The minimum atomic E-state index is 0.0839. The second kappa shape index (κ2) is 6.73. The Balaban J connectivity index is 2.77. The summed E-state index contributed by atoms with van der Waals surface area (Å²) in [6.07, 6.45) is 3.94. The Kier molecular flexibility index (Phi) is 5.26. The van der Waals surface area contributed by atoms with Crippen LogP contribution in [0.15, 0.2) is 23.5 Å². The molecule has 0 saturated heterocycles. The van der Waals surface area contributed by atoms with Crippen molar-refractivity contribution in [3.05, 3.63) is 23.9 Å². The Morgan fingerprint density at radius 1 is 1.47 bits per heavy atom. The van der Waals surface area contributed by atoms with Crippen molar-refractivity contribution in [1.29, 1.82) is 0 Å². The Morgan fingerprint density at radius 2 is 2.24 bits per heavy atom. The third kappa shape index (κ3) is 3.62. The van der Waals surface area contributed by atoms with E-state index in [1.54, 1.807) is 6.20 Å². The lowest BCUT2D eigenvalue weighted by Crippen LogP contribution is -2.25. The highest BCUT2D eigenvalue weighted by molar-refractivity contribution is 5.96. The maximum absolute atomic E-state index is 8.55. The second-order valence-corrected chi connectivity index (χ2v) is 3.82. The van der Waals surface area contributed by atoms with E-state index in [-0.39, 0.29) is 5.84 Å². The molecule has 0 aromatic carbocycles. The maximum Gasteiger partial charge on any atom is 0.171 e. The van der Waals surface area contributed by atoms with Crippen LogP contribution in [0.2, 0.25) is 0 Å². The normalized spacial score (nSPS) is 11.5. The zero-order chi connectivity index (χ0) is 12.7. The summed E-state index contributed by atoms with van der Waals surface area (Å²) in [5, 5.41) is 11.5. The van der Waals surface area contributed by atoms with Gasteiger partial charge in [-0.25, -0.2) is 4.98 Å². The molecule has 0 spiro atoms. The topological polar surface area (TPSA) is 74.7 Å². The fourth-order valence-corrected chi connectivity index (χ4v) is 1.57. The van der Waals surface area contributed by atoms with Gasteiger partial charge in [0, 0.05) is 24.8 Å². The van der Waals surface area contributed by atoms with Crippen molar-refractivity contribution in [2.24, 2.45) is 10.9 Å². The van der Waals surface area contributed by atoms with Crippen LogP contribution in [0.3, 0.4) is 0 Å². The molecule has 0 bridgehead atoms. The monoisotopic (exact) mass is 236 g/mol. The minimum Gasteiger partial charge on any atom is -0.409 e. The number of hydrogen-bond acceptors (Lipinski definition) is 4. The Bertz CT molecular complexity index is 361. The molecule has 0 atom stereocenters. The summed E-state index contributed by atoms with van der Waals surface area (Å²) in [5.74, 6) is 1.01. The van der Waals surface area contributed by atoms with Gasteiger partial charge in [-0.2, -0.15) is 0 Å². The highest BCUT2D eigenvalue weighted by Gasteiger charge is 2.06. The summed E-state index contributed by atoms with van der Waals surface area (Å²) in [6.45, 7) is 6.20. The van der Waals surface area contributed by atoms with E-state index in [9.17, 15) is 0 Å². The summed E-state index contributed by atoms with van der Waals surface area (Å²) in [6, 6.07) is 3.71. The lowest BCUT2D eigenvalue weighted by Gasteiger charge is -2.21. The third-order valence-electron chi connectivity index (χ3n) is 2.64. The van der Waals surface area contributed by atoms with Crippen LogP contribution in [0.25, 0.3) is 0 Å². The molecule has 17 heavy (non-hydrogen) atoms. The van der Waals surface area contributed by atoms with Crippen molar-refractivity contribution >= 4 is 11.7 Å². The highest BCUT2D eigenvalue weighted by atomic mass is 16.4. The van der Waals surface area contributed by atoms with E-state index in [2.05, 4.69) is 28.9 Å². The summed E-state index contributed by atoms with van der Waals surface area (Å²) >= 11 is 0. The Morgan fingerprint density at radius 3 is 2.71 bits per heavy atom. The fraction of sp³-hybridized carbons (Fsp3) is 0.500. The molecule has 0 aliphatic heterocycles. The first kappa shape index (κ1) is 13.3. The lowest BCUT2D eigenvalue weighted by atomic mass is 10.2. The average Bonchev–Trinajstić information content (AvgIpc) is 2.39. The van der Waals surface area contributed by atoms with E-state index >= 15 is 0 Å². The number of aromatic nitrogens is 1. The number of rotatable bonds is 6. The Hall–Kier alpha value is -1.78. The van der Waals surface area contributed by atoms with Crippen LogP contribution in [0.4, 0.5) is 5.82 Å². The molecule has 5 heteroatoms. The van der Waals surface area contributed by atoms with Crippen LogP contribution < -0.4 is 10.6 Å². The predicted molar refractivity (Wildman–Crippen MR) is 69.5 cm³/mol.